The first-order chi connectivity index (χ1) is 10.1. The molecule has 108 valence electrons. The Hall–Kier alpha value is -2.06. The number of hydrogen-bond acceptors (Lipinski definition) is 5. The largest absolute Gasteiger partial charge is 0.454 e. The van der Waals surface area contributed by atoms with Gasteiger partial charge in [0.05, 0.1) is 9.35 Å². The summed E-state index contributed by atoms with van der Waals surface area (Å²) in [6.45, 7) is 0.143. The topological polar surface area (TPSA) is 76.7 Å². The van der Waals surface area contributed by atoms with Gasteiger partial charge in [-0.05, 0) is 40.2 Å². The van der Waals surface area contributed by atoms with Gasteiger partial charge in [0.2, 0.25) is 6.79 Å². The van der Waals surface area contributed by atoms with Crippen LogP contribution in [0.2, 0.25) is 0 Å². The van der Waals surface area contributed by atoms with Crippen LogP contribution < -0.4 is 20.3 Å². The molecule has 2 aromatic rings. The van der Waals surface area contributed by atoms with Gasteiger partial charge in [0.15, 0.2) is 11.5 Å². The van der Waals surface area contributed by atoms with Gasteiger partial charge in [0, 0.05) is 10.9 Å². The second kappa shape index (κ2) is 5.74. The number of ether oxygens (including phenoxy) is 2. The van der Waals surface area contributed by atoms with E-state index < -0.39 is 5.91 Å². The van der Waals surface area contributed by atoms with E-state index in [1.165, 1.54) is 11.3 Å². The number of hydrogen-bond donors (Lipinski definition) is 2. The quantitative estimate of drug-likeness (QED) is 0.797. The van der Waals surface area contributed by atoms with Crippen LogP contribution in [0.1, 0.15) is 20.7 Å². The molecule has 2 amide bonds. The maximum atomic E-state index is 12.0. The van der Waals surface area contributed by atoms with Crippen molar-refractivity contribution in [1.29, 1.82) is 0 Å². The molecule has 3 rings (SSSR count). The van der Waals surface area contributed by atoms with Gasteiger partial charge >= 0.3 is 0 Å². The highest BCUT2D eigenvalue weighted by atomic mass is 79.9. The molecule has 0 saturated heterocycles. The monoisotopic (exact) mass is 368 g/mol. The summed E-state index contributed by atoms with van der Waals surface area (Å²) in [6.07, 6.45) is 0. The average Bonchev–Trinajstić information content (AvgIpc) is 3.12. The molecule has 0 atom stereocenters. The predicted molar refractivity (Wildman–Crippen MR) is 79.5 cm³/mol. The Bertz CT molecular complexity index is 716. The zero-order chi connectivity index (χ0) is 14.8. The molecule has 6 nitrogen and oxygen atoms in total. The molecule has 0 aliphatic carbocycles. The van der Waals surface area contributed by atoms with E-state index in [0.717, 1.165) is 3.79 Å². The molecule has 0 spiro atoms. The number of thiophene rings is 1. The summed E-state index contributed by atoms with van der Waals surface area (Å²) in [5, 5.41) is 1.69. The first-order valence-corrected chi connectivity index (χ1v) is 7.55. The molecule has 1 aliphatic heterocycles. The van der Waals surface area contributed by atoms with Crippen LogP contribution in [-0.4, -0.2) is 18.6 Å². The lowest BCUT2D eigenvalue weighted by Crippen LogP contribution is -2.41. The predicted octanol–water partition coefficient (Wildman–Crippen LogP) is 2.31. The van der Waals surface area contributed by atoms with Crippen molar-refractivity contribution in [3.8, 4) is 11.5 Å². The van der Waals surface area contributed by atoms with Crippen molar-refractivity contribution < 1.29 is 19.1 Å². The molecule has 1 aromatic carbocycles. The van der Waals surface area contributed by atoms with E-state index in [0.29, 0.717) is 22.6 Å². The number of nitrogens with one attached hydrogen (secondary N) is 2. The van der Waals surface area contributed by atoms with Gasteiger partial charge in [-0.2, -0.15) is 0 Å². The van der Waals surface area contributed by atoms with Crippen LogP contribution >= 0.6 is 27.3 Å². The fraction of sp³-hybridized carbons (Fsp3) is 0.0769. The second-order valence-electron chi connectivity index (χ2n) is 4.12. The van der Waals surface area contributed by atoms with Gasteiger partial charge < -0.3 is 9.47 Å². The average molecular weight is 369 g/mol. The summed E-state index contributed by atoms with van der Waals surface area (Å²) >= 11 is 4.66. The number of benzene rings is 1. The fourth-order valence-electron chi connectivity index (χ4n) is 1.72. The van der Waals surface area contributed by atoms with Gasteiger partial charge in [-0.1, -0.05) is 0 Å². The molecular formula is C13H9BrN2O4S. The summed E-state index contributed by atoms with van der Waals surface area (Å²) < 4.78 is 11.2. The molecule has 0 bridgehead atoms. The van der Waals surface area contributed by atoms with E-state index in [1.54, 1.807) is 29.6 Å². The highest BCUT2D eigenvalue weighted by Crippen LogP contribution is 2.32. The Balaban J connectivity index is 1.63. The molecule has 1 aromatic heterocycles. The molecule has 0 saturated carbocycles. The summed E-state index contributed by atoms with van der Waals surface area (Å²) in [5.41, 5.74) is 5.54. The molecule has 0 fully saturated rings. The van der Waals surface area contributed by atoms with Crippen molar-refractivity contribution in [2.24, 2.45) is 0 Å². The Labute approximate surface area is 132 Å². The minimum absolute atomic E-state index is 0.143. The Kier molecular flexibility index (Phi) is 3.80. The number of amides is 2. The zero-order valence-corrected chi connectivity index (χ0v) is 12.9. The smallest absolute Gasteiger partial charge is 0.270 e. The minimum Gasteiger partial charge on any atom is -0.454 e. The normalized spacial score (nSPS) is 12.0. The van der Waals surface area contributed by atoms with Crippen LogP contribution in [0.4, 0.5) is 0 Å². The Morgan fingerprint density at radius 2 is 1.76 bits per heavy atom. The summed E-state index contributed by atoms with van der Waals surface area (Å²) in [7, 11) is 0. The van der Waals surface area contributed by atoms with Crippen molar-refractivity contribution in [2.45, 2.75) is 0 Å². The molecule has 2 N–H and O–H groups in total. The molecule has 0 unspecified atom stereocenters. The van der Waals surface area contributed by atoms with E-state index in [-0.39, 0.29) is 12.7 Å². The molecule has 2 heterocycles. The first kappa shape index (κ1) is 13.9. The molecule has 0 radical (unpaired) electrons. The van der Waals surface area contributed by atoms with Gasteiger partial charge in [-0.25, -0.2) is 0 Å². The van der Waals surface area contributed by atoms with Crippen molar-refractivity contribution in [3.63, 3.8) is 0 Å². The molecule has 1 aliphatic rings. The number of carbonyl (C=O) groups excluding carboxylic acids is 2. The second-order valence-corrected chi connectivity index (χ2v) is 6.41. The number of fused-ring (bicyclic) bond motifs is 1. The van der Waals surface area contributed by atoms with E-state index in [9.17, 15) is 9.59 Å². The maximum Gasteiger partial charge on any atom is 0.270 e. The van der Waals surface area contributed by atoms with Crippen LogP contribution in [-0.2, 0) is 0 Å². The van der Waals surface area contributed by atoms with Gasteiger partial charge in [-0.3, -0.25) is 20.4 Å². The Morgan fingerprint density at radius 1 is 1.05 bits per heavy atom. The number of carbonyl (C=O) groups is 2. The fourth-order valence-corrected chi connectivity index (χ4v) is 2.86. The van der Waals surface area contributed by atoms with Crippen molar-refractivity contribution >= 4 is 39.1 Å². The zero-order valence-electron chi connectivity index (χ0n) is 10.5. The van der Waals surface area contributed by atoms with Gasteiger partial charge in [0.1, 0.15) is 0 Å². The highest BCUT2D eigenvalue weighted by Gasteiger charge is 2.16. The minimum atomic E-state index is -0.434. The summed E-state index contributed by atoms with van der Waals surface area (Å²) in [5.74, 6) is 0.288. The molecule has 21 heavy (non-hydrogen) atoms. The standard InChI is InChI=1S/C13H9BrN2O4S/c14-11-4-8(5-21-11)13(18)16-15-12(17)7-1-2-9-10(3-7)20-6-19-9/h1-5H,6H2,(H,15,17)(H,16,18). The van der Waals surface area contributed by atoms with Crippen LogP contribution in [0.15, 0.2) is 33.4 Å². The van der Waals surface area contributed by atoms with Crippen LogP contribution in [0, 0.1) is 0 Å². The van der Waals surface area contributed by atoms with Crippen molar-refractivity contribution in [3.05, 3.63) is 44.6 Å². The van der Waals surface area contributed by atoms with Crippen LogP contribution in [0.3, 0.4) is 0 Å². The van der Waals surface area contributed by atoms with Crippen molar-refractivity contribution in [2.75, 3.05) is 6.79 Å². The van der Waals surface area contributed by atoms with Gasteiger partial charge in [-0.15, -0.1) is 11.3 Å². The third-order valence-corrected chi connectivity index (χ3v) is 4.26. The third-order valence-electron chi connectivity index (χ3n) is 2.75. The van der Waals surface area contributed by atoms with E-state index >= 15 is 0 Å². The first-order valence-electron chi connectivity index (χ1n) is 5.88. The maximum absolute atomic E-state index is 12.0. The lowest BCUT2D eigenvalue weighted by molar-refractivity contribution is 0.0847. The van der Waals surface area contributed by atoms with Gasteiger partial charge in [0.25, 0.3) is 11.8 Å². The lowest BCUT2D eigenvalue weighted by Gasteiger charge is -2.07. The molecular weight excluding hydrogens is 360 g/mol. The van der Waals surface area contributed by atoms with Crippen LogP contribution in [0.5, 0.6) is 11.5 Å². The number of rotatable bonds is 2. The third kappa shape index (κ3) is 3.01. The van der Waals surface area contributed by atoms with E-state index in [4.69, 9.17) is 9.47 Å². The van der Waals surface area contributed by atoms with E-state index in [2.05, 4.69) is 26.8 Å². The van der Waals surface area contributed by atoms with E-state index in [1.807, 2.05) is 0 Å². The highest BCUT2D eigenvalue weighted by molar-refractivity contribution is 9.11. The molecule has 8 heteroatoms. The SMILES string of the molecule is O=C(NNC(=O)c1ccc2c(c1)OCO2)c1csc(Br)c1. The lowest BCUT2D eigenvalue weighted by atomic mass is 10.2. The van der Waals surface area contributed by atoms with Crippen LogP contribution in [0.25, 0.3) is 0 Å². The Morgan fingerprint density at radius 3 is 2.48 bits per heavy atom. The summed E-state index contributed by atoms with van der Waals surface area (Å²) in [6, 6.07) is 6.48. The van der Waals surface area contributed by atoms with Crippen molar-refractivity contribution in [1.82, 2.24) is 10.9 Å². The number of hydrazine groups is 1. The summed E-state index contributed by atoms with van der Waals surface area (Å²) in [4.78, 5) is 23.8. The number of halogens is 1.